The first-order valence-electron chi connectivity index (χ1n) is 11.6. The summed E-state index contributed by atoms with van der Waals surface area (Å²) in [4.78, 5) is 0. The molecular formula is C29H25N5. The van der Waals surface area contributed by atoms with Crippen molar-refractivity contribution < 1.29 is 0 Å². The normalized spacial score (nSPS) is 13.2. The minimum absolute atomic E-state index is 0.598. The minimum atomic E-state index is 0.598. The molecule has 34 heavy (non-hydrogen) atoms. The van der Waals surface area contributed by atoms with Gasteiger partial charge in [-0.2, -0.15) is 10.2 Å². The third-order valence-electron chi connectivity index (χ3n) is 6.53. The van der Waals surface area contributed by atoms with Crippen molar-refractivity contribution in [1.82, 2.24) is 10.2 Å². The van der Waals surface area contributed by atoms with Crippen LogP contribution in [0.5, 0.6) is 0 Å². The zero-order chi connectivity index (χ0) is 22.9. The highest BCUT2D eigenvalue weighted by molar-refractivity contribution is 5.85. The van der Waals surface area contributed by atoms with Crippen molar-refractivity contribution in [2.45, 2.75) is 25.2 Å². The summed E-state index contributed by atoms with van der Waals surface area (Å²) in [7, 11) is 0. The van der Waals surface area contributed by atoms with Crippen molar-refractivity contribution in [2.24, 2.45) is 5.11 Å². The zero-order valence-corrected chi connectivity index (χ0v) is 18.8. The Morgan fingerprint density at radius 1 is 0.882 bits per heavy atom. The molecule has 5 nitrogen and oxygen atoms in total. The summed E-state index contributed by atoms with van der Waals surface area (Å²) in [5.41, 5.74) is 17.2. The molecule has 0 amide bonds. The van der Waals surface area contributed by atoms with Gasteiger partial charge in [0, 0.05) is 11.1 Å². The zero-order valence-electron chi connectivity index (χ0n) is 18.8. The fourth-order valence-electron chi connectivity index (χ4n) is 4.50. The molecule has 1 aliphatic carbocycles. The number of aromatic nitrogens is 2. The molecule has 0 aliphatic heterocycles. The molecule has 1 aliphatic rings. The second-order valence-corrected chi connectivity index (χ2v) is 9.03. The molecule has 1 saturated carbocycles. The lowest BCUT2D eigenvalue weighted by molar-refractivity contribution is 1.11. The molecule has 1 heterocycles. The maximum absolute atomic E-state index is 7.61. The van der Waals surface area contributed by atoms with E-state index in [0.717, 1.165) is 45.7 Å². The standard InChI is InChI=1S/C29H25N5/c30-33-27-13-11-24(16-29(27)32-26-12-10-25-18-31-34-28(25)17-26)23-3-1-2-20(15-23)14-19-4-6-21(7-5-19)22-8-9-22/h1-7,10-13,15-18,22,30,32H,8-9,14H2,(H,31,34). The van der Waals surface area contributed by atoms with Crippen LogP contribution in [0.3, 0.4) is 0 Å². The highest BCUT2D eigenvalue weighted by atomic mass is 15.1. The van der Waals surface area contributed by atoms with Crippen LogP contribution in [0.25, 0.3) is 22.0 Å². The van der Waals surface area contributed by atoms with Crippen molar-refractivity contribution >= 4 is 28.0 Å². The Bertz CT molecular complexity index is 1480. The summed E-state index contributed by atoms with van der Waals surface area (Å²) >= 11 is 0. The van der Waals surface area contributed by atoms with Gasteiger partial charge in [-0.3, -0.25) is 5.10 Å². The van der Waals surface area contributed by atoms with Crippen LogP contribution in [0.4, 0.5) is 17.1 Å². The van der Waals surface area contributed by atoms with Gasteiger partial charge in [-0.1, -0.05) is 54.6 Å². The maximum atomic E-state index is 7.61. The molecule has 3 N–H and O–H groups in total. The molecule has 0 unspecified atom stereocenters. The van der Waals surface area contributed by atoms with E-state index >= 15 is 0 Å². The second kappa shape index (κ2) is 8.60. The van der Waals surface area contributed by atoms with E-state index in [1.165, 1.54) is 29.5 Å². The molecular weight excluding hydrogens is 418 g/mol. The van der Waals surface area contributed by atoms with Crippen LogP contribution in [-0.2, 0) is 6.42 Å². The molecule has 0 radical (unpaired) electrons. The fraction of sp³-hybridized carbons (Fsp3) is 0.138. The lowest BCUT2D eigenvalue weighted by Crippen LogP contribution is -1.93. The number of aromatic amines is 1. The number of benzene rings is 4. The Morgan fingerprint density at radius 3 is 2.56 bits per heavy atom. The topological polar surface area (TPSA) is 76.9 Å². The third-order valence-corrected chi connectivity index (χ3v) is 6.53. The Kier molecular flexibility index (Phi) is 5.15. The molecule has 0 spiro atoms. The van der Waals surface area contributed by atoms with Gasteiger partial charge < -0.3 is 5.32 Å². The number of anilines is 2. The van der Waals surface area contributed by atoms with Crippen molar-refractivity contribution in [1.29, 1.82) is 5.53 Å². The Balaban J connectivity index is 1.26. The first-order valence-corrected chi connectivity index (χ1v) is 11.6. The van der Waals surface area contributed by atoms with E-state index in [4.69, 9.17) is 5.53 Å². The maximum Gasteiger partial charge on any atom is 0.108 e. The van der Waals surface area contributed by atoms with Gasteiger partial charge in [0.2, 0.25) is 0 Å². The van der Waals surface area contributed by atoms with Crippen molar-refractivity contribution in [2.75, 3.05) is 5.32 Å². The Labute approximate surface area is 198 Å². The number of fused-ring (bicyclic) bond motifs is 1. The van der Waals surface area contributed by atoms with Gasteiger partial charge in [-0.25, -0.2) is 5.53 Å². The number of H-pyrrole nitrogens is 1. The monoisotopic (exact) mass is 443 g/mol. The SMILES string of the molecule is N=Nc1ccc(-c2cccc(Cc3ccc(C4CC4)cc3)c2)cc1Nc1ccc2cn[nH]c2c1. The average Bonchev–Trinajstić information content (AvgIpc) is 3.62. The predicted molar refractivity (Wildman–Crippen MR) is 137 cm³/mol. The van der Waals surface area contributed by atoms with Gasteiger partial charge in [0.25, 0.3) is 0 Å². The lowest BCUT2D eigenvalue weighted by atomic mass is 9.97. The number of rotatable bonds is 7. The van der Waals surface area contributed by atoms with Crippen LogP contribution >= 0.6 is 0 Å². The molecule has 0 bridgehead atoms. The summed E-state index contributed by atoms with van der Waals surface area (Å²) in [6.45, 7) is 0. The predicted octanol–water partition coefficient (Wildman–Crippen LogP) is 8.10. The van der Waals surface area contributed by atoms with E-state index in [1.807, 2.05) is 30.3 Å². The summed E-state index contributed by atoms with van der Waals surface area (Å²) in [5, 5.41) is 15.3. The van der Waals surface area contributed by atoms with Crippen LogP contribution in [0, 0.1) is 5.53 Å². The number of nitrogens with one attached hydrogen (secondary N) is 3. The summed E-state index contributed by atoms with van der Waals surface area (Å²) in [6.07, 6.45) is 5.39. The second-order valence-electron chi connectivity index (χ2n) is 9.03. The van der Waals surface area contributed by atoms with E-state index in [-0.39, 0.29) is 0 Å². The number of nitrogens with zero attached hydrogens (tertiary/aromatic N) is 2. The number of hydrogen-bond donors (Lipinski definition) is 3. The van der Waals surface area contributed by atoms with E-state index in [0.29, 0.717) is 5.69 Å². The Hall–Kier alpha value is -4.25. The Morgan fingerprint density at radius 2 is 1.74 bits per heavy atom. The van der Waals surface area contributed by atoms with Gasteiger partial charge in [-0.15, -0.1) is 0 Å². The van der Waals surface area contributed by atoms with E-state index in [1.54, 1.807) is 6.20 Å². The highest BCUT2D eigenvalue weighted by Crippen LogP contribution is 2.40. The van der Waals surface area contributed by atoms with Crippen LogP contribution in [0.2, 0.25) is 0 Å². The molecule has 6 rings (SSSR count). The smallest absolute Gasteiger partial charge is 0.108 e. The molecule has 1 fully saturated rings. The fourth-order valence-corrected chi connectivity index (χ4v) is 4.50. The van der Waals surface area contributed by atoms with Crippen LogP contribution in [0.15, 0.2) is 96.2 Å². The van der Waals surface area contributed by atoms with Gasteiger partial charge in [0.1, 0.15) is 5.69 Å². The highest BCUT2D eigenvalue weighted by Gasteiger charge is 2.22. The van der Waals surface area contributed by atoms with Gasteiger partial charge >= 0.3 is 0 Å². The van der Waals surface area contributed by atoms with E-state index in [9.17, 15) is 0 Å². The van der Waals surface area contributed by atoms with Crippen LogP contribution in [-0.4, -0.2) is 10.2 Å². The van der Waals surface area contributed by atoms with E-state index in [2.05, 4.69) is 75.2 Å². The summed E-state index contributed by atoms with van der Waals surface area (Å²) in [6, 6.07) is 29.8. The van der Waals surface area contributed by atoms with Crippen molar-refractivity contribution in [3.63, 3.8) is 0 Å². The molecule has 5 aromatic rings. The van der Waals surface area contributed by atoms with Crippen molar-refractivity contribution in [3.8, 4) is 11.1 Å². The molecule has 4 aromatic carbocycles. The summed E-state index contributed by atoms with van der Waals surface area (Å²) < 4.78 is 0. The van der Waals surface area contributed by atoms with E-state index < -0.39 is 0 Å². The van der Waals surface area contributed by atoms with Crippen LogP contribution in [0.1, 0.15) is 35.4 Å². The quantitative estimate of drug-likeness (QED) is 0.222. The average molecular weight is 444 g/mol. The van der Waals surface area contributed by atoms with Gasteiger partial charge in [0.15, 0.2) is 0 Å². The lowest BCUT2D eigenvalue weighted by Gasteiger charge is -2.12. The molecule has 0 saturated heterocycles. The van der Waals surface area contributed by atoms with Crippen molar-refractivity contribution in [3.05, 3.63) is 108 Å². The largest absolute Gasteiger partial charge is 0.354 e. The minimum Gasteiger partial charge on any atom is -0.354 e. The van der Waals surface area contributed by atoms with Gasteiger partial charge in [0.05, 0.1) is 17.4 Å². The first-order chi connectivity index (χ1) is 16.7. The number of hydrogen-bond acceptors (Lipinski definition) is 4. The molecule has 166 valence electrons. The summed E-state index contributed by atoms with van der Waals surface area (Å²) in [5.74, 6) is 0.792. The third kappa shape index (κ3) is 4.20. The van der Waals surface area contributed by atoms with Gasteiger partial charge in [-0.05, 0) is 83.3 Å². The molecule has 0 atom stereocenters. The molecule has 1 aromatic heterocycles. The molecule has 5 heteroatoms. The first kappa shape index (κ1) is 20.4. The van der Waals surface area contributed by atoms with Crippen LogP contribution < -0.4 is 5.32 Å².